The molecule has 3 N–H and O–H groups in total. The lowest BCUT2D eigenvalue weighted by atomic mass is 10.1. The summed E-state index contributed by atoms with van der Waals surface area (Å²) >= 11 is 0.926. The number of aromatic nitrogens is 1. The van der Waals surface area contributed by atoms with E-state index in [1.54, 1.807) is 6.92 Å². The van der Waals surface area contributed by atoms with Crippen molar-refractivity contribution in [3.63, 3.8) is 0 Å². The third-order valence-corrected chi connectivity index (χ3v) is 4.17. The molecule has 1 atom stereocenters. The number of halogens is 3. The number of amides is 1. The number of carbonyl (C=O) groups is 1. The highest BCUT2D eigenvalue weighted by molar-refractivity contribution is 7.09. The van der Waals surface area contributed by atoms with Crippen LogP contribution in [0.1, 0.15) is 62.2 Å². The molecule has 1 aromatic rings. The molecular weight excluding hydrogens is 315 g/mol. The Morgan fingerprint density at radius 2 is 2.05 bits per heavy atom. The highest BCUT2D eigenvalue weighted by Crippen LogP contribution is 2.32. The average Bonchev–Trinajstić information content (AvgIpc) is 2.94. The zero-order valence-electron chi connectivity index (χ0n) is 12.6. The number of nitrogens with two attached hydrogens (primary N) is 1. The Kier molecular flexibility index (Phi) is 7.81. The summed E-state index contributed by atoms with van der Waals surface area (Å²) < 4.78 is 37.6. The van der Waals surface area contributed by atoms with Gasteiger partial charge in [-0.1, -0.05) is 19.8 Å². The van der Waals surface area contributed by atoms with Crippen molar-refractivity contribution in [1.29, 1.82) is 0 Å². The SMILES string of the molecule is CCC(NC(=O)CCCCCCN)c1nc(C(F)(F)F)cs1. The summed E-state index contributed by atoms with van der Waals surface area (Å²) in [5.41, 5.74) is 4.49. The Hall–Kier alpha value is -1.15. The van der Waals surface area contributed by atoms with E-state index < -0.39 is 17.9 Å². The second-order valence-corrected chi connectivity index (χ2v) is 5.94. The lowest BCUT2D eigenvalue weighted by Gasteiger charge is -2.14. The van der Waals surface area contributed by atoms with Crippen LogP contribution in [0.25, 0.3) is 0 Å². The Bertz CT molecular complexity index is 462. The molecule has 1 amide bonds. The van der Waals surface area contributed by atoms with Crippen LogP contribution in [0.2, 0.25) is 0 Å². The molecule has 4 nitrogen and oxygen atoms in total. The number of rotatable bonds is 9. The molecular formula is C14H22F3N3OS. The van der Waals surface area contributed by atoms with Gasteiger partial charge < -0.3 is 11.1 Å². The van der Waals surface area contributed by atoms with Gasteiger partial charge in [0, 0.05) is 11.8 Å². The topological polar surface area (TPSA) is 68.0 Å². The lowest BCUT2D eigenvalue weighted by molar-refractivity contribution is -0.140. The molecule has 0 saturated carbocycles. The average molecular weight is 337 g/mol. The third kappa shape index (κ3) is 6.31. The van der Waals surface area contributed by atoms with E-state index in [1.165, 1.54) is 0 Å². The van der Waals surface area contributed by atoms with Gasteiger partial charge in [0.1, 0.15) is 5.01 Å². The largest absolute Gasteiger partial charge is 0.434 e. The molecule has 0 fully saturated rings. The van der Waals surface area contributed by atoms with Gasteiger partial charge in [-0.3, -0.25) is 4.79 Å². The van der Waals surface area contributed by atoms with Gasteiger partial charge in [0.25, 0.3) is 0 Å². The standard InChI is InChI=1S/C14H22F3N3OS/c1-2-10(13-20-11(9-22-13)14(15,16)17)19-12(21)7-5-3-4-6-8-18/h9-10H,2-8,18H2,1H3,(H,19,21). The molecule has 126 valence electrons. The van der Waals surface area contributed by atoms with Gasteiger partial charge >= 0.3 is 6.18 Å². The summed E-state index contributed by atoms with van der Waals surface area (Å²) in [6.45, 7) is 2.45. The van der Waals surface area contributed by atoms with Crippen molar-refractivity contribution < 1.29 is 18.0 Å². The second-order valence-electron chi connectivity index (χ2n) is 5.05. The molecule has 22 heavy (non-hydrogen) atoms. The summed E-state index contributed by atoms with van der Waals surface area (Å²) in [7, 11) is 0. The first-order valence-corrected chi connectivity index (χ1v) is 8.28. The molecule has 0 aromatic carbocycles. The molecule has 8 heteroatoms. The highest BCUT2D eigenvalue weighted by Gasteiger charge is 2.34. The van der Waals surface area contributed by atoms with Crippen LogP contribution in [0.5, 0.6) is 0 Å². The Morgan fingerprint density at radius 3 is 2.59 bits per heavy atom. The van der Waals surface area contributed by atoms with Crippen molar-refractivity contribution in [3.8, 4) is 0 Å². The molecule has 1 unspecified atom stereocenters. The minimum Gasteiger partial charge on any atom is -0.347 e. The first-order valence-electron chi connectivity index (χ1n) is 7.40. The maximum atomic E-state index is 12.5. The van der Waals surface area contributed by atoms with Crippen LogP contribution in [-0.4, -0.2) is 17.4 Å². The van der Waals surface area contributed by atoms with Gasteiger partial charge in [-0.05, 0) is 25.8 Å². The van der Waals surface area contributed by atoms with Crippen molar-refractivity contribution in [3.05, 3.63) is 16.1 Å². The van der Waals surface area contributed by atoms with E-state index >= 15 is 0 Å². The number of nitrogens with one attached hydrogen (secondary N) is 1. The van der Waals surface area contributed by atoms with Crippen LogP contribution >= 0.6 is 11.3 Å². The van der Waals surface area contributed by atoms with Gasteiger partial charge in [0.05, 0.1) is 6.04 Å². The van der Waals surface area contributed by atoms with E-state index in [0.29, 0.717) is 24.4 Å². The van der Waals surface area contributed by atoms with Crippen LogP contribution in [0.15, 0.2) is 5.38 Å². The Balaban J connectivity index is 2.47. The van der Waals surface area contributed by atoms with Crippen LogP contribution in [0, 0.1) is 0 Å². The molecule has 0 saturated heterocycles. The predicted octanol–water partition coefficient (Wildman–Crippen LogP) is 3.64. The molecule has 0 spiro atoms. The van der Waals surface area contributed by atoms with E-state index in [4.69, 9.17) is 5.73 Å². The fraction of sp³-hybridized carbons (Fsp3) is 0.714. The van der Waals surface area contributed by atoms with Crippen molar-refractivity contribution in [1.82, 2.24) is 10.3 Å². The summed E-state index contributed by atoms with van der Waals surface area (Å²) in [6, 6.07) is -0.461. The fourth-order valence-electron chi connectivity index (χ4n) is 1.97. The summed E-state index contributed by atoms with van der Waals surface area (Å²) in [6.07, 6.45) is 0.0497. The summed E-state index contributed by atoms with van der Waals surface area (Å²) in [5, 5.41) is 4.04. The number of carbonyl (C=O) groups excluding carboxylic acids is 1. The Morgan fingerprint density at radius 1 is 1.36 bits per heavy atom. The van der Waals surface area contributed by atoms with E-state index in [2.05, 4.69) is 10.3 Å². The van der Waals surface area contributed by atoms with Crippen LogP contribution in [0.3, 0.4) is 0 Å². The van der Waals surface area contributed by atoms with E-state index in [-0.39, 0.29) is 5.91 Å². The van der Waals surface area contributed by atoms with Crippen molar-refractivity contribution >= 4 is 17.2 Å². The first kappa shape index (κ1) is 18.9. The zero-order chi connectivity index (χ0) is 16.6. The molecule has 1 rings (SSSR count). The van der Waals surface area contributed by atoms with Crippen LogP contribution < -0.4 is 11.1 Å². The van der Waals surface area contributed by atoms with E-state index in [0.717, 1.165) is 42.4 Å². The smallest absolute Gasteiger partial charge is 0.347 e. The van der Waals surface area contributed by atoms with Gasteiger partial charge in [0.15, 0.2) is 5.69 Å². The summed E-state index contributed by atoms with van der Waals surface area (Å²) in [5.74, 6) is -0.150. The van der Waals surface area contributed by atoms with Crippen molar-refractivity contribution in [2.24, 2.45) is 5.73 Å². The number of thiazole rings is 1. The third-order valence-electron chi connectivity index (χ3n) is 3.21. The minimum atomic E-state index is -4.44. The molecule has 1 aromatic heterocycles. The van der Waals surface area contributed by atoms with Gasteiger partial charge in [-0.15, -0.1) is 11.3 Å². The number of unbranched alkanes of at least 4 members (excludes halogenated alkanes) is 3. The molecule has 0 aliphatic carbocycles. The first-order chi connectivity index (χ1) is 10.4. The number of hydrogen-bond donors (Lipinski definition) is 2. The lowest BCUT2D eigenvalue weighted by Crippen LogP contribution is -2.28. The number of alkyl halides is 3. The van der Waals surface area contributed by atoms with Crippen molar-refractivity contribution in [2.75, 3.05) is 6.54 Å². The maximum absolute atomic E-state index is 12.5. The monoisotopic (exact) mass is 337 g/mol. The van der Waals surface area contributed by atoms with Gasteiger partial charge in [-0.25, -0.2) is 4.98 Å². The summed E-state index contributed by atoms with van der Waals surface area (Å²) in [4.78, 5) is 15.4. The van der Waals surface area contributed by atoms with E-state index in [1.807, 2.05) is 0 Å². The second kappa shape index (κ2) is 9.09. The molecule has 1 heterocycles. The quantitative estimate of drug-likeness (QED) is 0.676. The molecule has 0 bridgehead atoms. The highest BCUT2D eigenvalue weighted by atomic mass is 32.1. The number of nitrogens with zero attached hydrogens (tertiary/aromatic N) is 1. The fourth-order valence-corrected chi connectivity index (χ4v) is 2.93. The van der Waals surface area contributed by atoms with Gasteiger partial charge in [-0.2, -0.15) is 13.2 Å². The van der Waals surface area contributed by atoms with Crippen molar-refractivity contribution in [2.45, 2.75) is 57.7 Å². The Labute approximate surface area is 132 Å². The normalized spacial score (nSPS) is 13.1. The maximum Gasteiger partial charge on any atom is 0.434 e. The van der Waals surface area contributed by atoms with Gasteiger partial charge in [0.2, 0.25) is 5.91 Å². The predicted molar refractivity (Wildman–Crippen MR) is 80.4 cm³/mol. The van der Waals surface area contributed by atoms with Crippen LogP contribution in [0.4, 0.5) is 13.2 Å². The minimum absolute atomic E-state index is 0.150. The van der Waals surface area contributed by atoms with E-state index in [9.17, 15) is 18.0 Å². The molecule has 0 aliphatic heterocycles. The zero-order valence-corrected chi connectivity index (χ0v) is 13.4. The molecule has 0 radical (unpaired) electrons. The number of hydrogen-bond acceptors (Lipinski definition) is 4. The molecule has 0 aliphatic rings. The van der Waals surface area contributed by atoms with Crippen LogP contribution in [-0.2, 0) is 11.0 Å².